The van der Waals surface area contributed by atoms with Crippen LogP contribution in [-0.4, -0.2) is 6.61 Å². The van der Waals surface area contributed by atoms with Crippen LogP contribution in [0.2, 0.25) is 0 Å². The summed E-state index contributed by atoms with van der Waals surface area (Å²) in [7, 11) is 0. The summed E-state index contributed by atoms with van der Waals surface area (Å²) < 4.78 is 5.59. The lowest BCUT2D eigenvalue weighted by Gasteiger charge is -2.19. The fourth-order valence-corrected chi connectivity index (χ4v) is 2.88. The van der Waals surface area contributed by atoms with Gasteiger partial charge in [-0.1, -0.05) is 32.0 Å². The van der Waals surface area contributed by atoms with Gasteiger partial charge in [0.1, 0.15) is 5.75 Å². The lowest BCUT2D eigenvalue weighted by molar-refractivity contribution is 0.357. The molecule has 110 valence electrons. The van der Waals surface area contributed by atoms with Crippen molar-refractivity contribution in [2.45, 2.75) is 39.2 Å². The number of fused-ring (bicyclic) bond motifs is 1. The predicted molar refractivity (Wildman–Crippen MR) is 88.1 cm³/mol. The van der Waals surface area contributed by atoms with Crippen LogP contribution in [0.25, 0.3) is 0 Å². The molecule has 0 aromatic heterocycles. The van der Waals surface area contributed by atoms with E-state index < -0.39 is 0 Å². The van der Waals surface area contributed by atoms with Crippen molar-refractivity contribution in [2.75, 3.05) is 11.9 Å². The maximum absolute atomic E-state index is 5.59. The van der Waals surface area contributed by atoms with Crippen LogP contribution in [0.4, 0.5) is 5.69 Å². The molecule has 3 rings (SSSR count). The van der Waals surface area contributed by atoms with Crippen molar-refractivity contribution in [1.29, 1.82) is 0 Å². The minimum atomic E-state index is 0.350. The molecule has 2 nitrogen and oxygen atoms in total. The number of anilines is 1. The molecule has 1 N–H and O–H groups in total. The smallest absolute Gasteiger partial charge is 0.122 e. The largest absolute Gasteiger partial charge is 0.493 e. The average molecular weight is 281 g/mol. The zero-order valence-corrected chi connectivity index (χ0v) is 12.9. The van der Waals surface area contributed by atoms with E-state index in [4.69, 9.17) is 4.74 Å². The van der Waals surface area contributed by atoms with E-state index in [0.29, 0.717) is 6.04 Å². The highest BCUT2D eigenvalue weighted by Gasteiger charge is 2.16. The van der Waals surface area contributed by atoms with Gasteiger partial charge in [-0.25, -0.2) is 0 Å². The molecule has 2 heteroatoms. The van der Waals surface area contributed by atoms with E-state index >= 15 is 0 Å². The predicted octanol–water partition coefficient (Wildman–Crippen LogP) is 4.75. The standard InChI is InChI=1S/C19H23NO/c1-3-14-5-8-17(9-6-14)20-18(4-2)15-7-10-19-16(13-15)11-12-21-19/h5-10,13,18,20H,3-4,11-12H2,1-2H3. The van der Waals surface area contributed by atoms with Gasteiger partial charge in [0.05, 0.1) is 12.6 Å². The van der Waals surface area contributed by atoms with Gasteiger partial charge in [-0.15, -0.1) is 0 Å². The van der Waals surface area contributed by atoms with Crippen LogP contribution in [0.3, 0.4) is 0 Å². The van der Waals surface area contributed by atoms with Crippen LogP contribution in [-0.2, 0) is 12.8 Å². The number of rotatable bonds is 5. The van der Waals surface area contributed by atoms with Gasteiger partial charge in [0.15, 0.2) is 0 Å². The first-order valence-electron chi connectivity index (χ1n) is 7.91. The minimum absolute atomic E-state index is 0.350. The maximum Gasteiger partial charge on any atom is 0.122 e. The SMILES string of the molecule is CCc1ccc(NC(CC)c2ccc3c(c2)CCO3)cc1. The summed E-state index contributed by atoms with van der Waals surface area (Å²) >= 11 is 0. The Bertz CT molecular complexity index is 603. The number of aryl methyl sites for hydroxylation is 1. The molecular weight excluding hydrogens is 258 g/mol. The van der Waals surface area contributed by atoms with Crippen molar-refractivity contribution in [3.8, 4) is 5.75 Å². The summed E-state index contributed by atoms with van der Waals surface area (Å²) in [5.41, 5.74) is 5.26. The van der Waals surface area contributed by atoms with E-state index in [2.05, 4.69) is 61.6 Å². The van der Waals surface area contributed by atoms with Crippen molar-refractivity contribution in [1.82, 2.24) is 0 Å². The Labute approximate surface area is 127 Å². The monoisotopic (exact) mass is 281 g/mol. The van der Waals surface area contributed by atoms with Gasteiger partial charge < -0.3 is 10.1 Å². The molecule has 0 saturated heterocycles. The first-order valence-corrected chi connectivity index (χ1v) is 7.91. The molecule has 1 aliphatic heterocycles. The van der Waals surface area contributed by atoms with Gasteiger partial charge in [-0.05, 0) is 53.8 Å². The second-order valence-corrected chi connectivity index (χ2v) is 5.62. The molecule has 0 amide bonds. The lowest BCUT2D eigenvalue weighted by atomic mass is 10.0. The molecule has 1 atom stereocenters. The Kier molecular flexibility index (Phi) is 4.14. The van der Waals surface area contributed by atoms with E-state index in [0.717, 1.165) is 31.6 Å². The van der Waals surface area contributed by atoms with Gasteiger partial charge in [0, 0.05) is 12.1 Å². The van der Waals surface area contributed by atoms with Crippen molar-refractivity contribution >= 4 is 5.69 Å². The fourth-order valence-electron chi connectivity index (χ4n) is 2.88. The molecule has 1 aliphatic rings. The molecular formula is C19H23NO. The van der Waals surface area contributed by atoms with Crippen LogP contribution in [0.1, 0.15) is 43.0 Å². The molecule has 0 spiro atoms. The van der Waals surface area contributed by atoms with Crippen molar-refractivity contribution in [2.24, 2.45) is 0 Å². The molecule has 2 aromatic rings. The van der Waals surface area contributed by atoms with E-state index in [1.54, 1.807) is 0 Å². The number of benzene rings is 2. The Morgan fingerprint density at radius 2 is 1.90 bits per heavy atom. The molecule has 21 heavy (non-hydrogen) atoms. The van der Waals surface area contributed by atoms with Gasteiger partial charge in [0.25, 0.3) is 0 Å². The molecule has 0 bridgehead atoms. The van der Waals surface area contributed by atoms with Crippen LogP contribution in [0.5, 0.6) is 5.75 Å². The van der Waals surface area contributed by atoms with Crippen molar-refractivity contribution in [3.05, 3.63) is 59.2 Å². The van der Waals surface area contributed by atoms with Crippen LogP contribution >= 0.6 is 0 Å². The Balaban J connectivity index is 1.78. The fraction of sp³-hybridized carbons (Fsp3) is 0.368. The Morgan fingerprint density at radius 3 is 2.62 bits per heavy atom. The molecule has 0 radical (unpaired) electrons. The first-order chi connectivity index (χ1) is 10.3. The highest BCUT2D eigenvalue weighted by Crippen LogP contribution is 2.30. The van der Waals surface area contributed by atoms with Gasteiger partial charge in [-0.3, -0.25) is 0 Å². The number of hydrogen-bond donors (Lipinski definition) is 1. The van der Waals surface area contributed by atoms with Gasteiger partial charge in [-0.2, -0.15) is 0 Å². The summed E-state index contributed by atoms with van der Waals surface area (Å²) in [4.78, 5) is 0. The quantitative estimate of drug-likeness (QED) is 0.854. The topological polar surface area (TPSA) is 21.3 Å². The first kappa shape index (κ1) is 14.0. The lowest BCUT2D eigenvalue weighted by Crippen LogP contribution is -2.09. The average Bonchev–Trinajstić information content (AvgIpc) is 3.00. The Hall–Kier alpha value is -1.96. The molecule has 0 aliphatic carbocycles. The normalized spacial score (nSPS) is 14.4. The van der Waals surface area contributed by atoms with E-state index in [1.165, 1.54) is 22.4 Å². The molecule has 1 heterocycles. The van der Waals surface area contributed by atoms with E-state index in [-0.39, 0.29) is 0 Å². The molecule has 0 fully saturated rings. The summed E-state index contributed by atoms with van der Waals surface area (Å²) in [5, 5.41) is 3.65. The highest BCUT2D eigenvalue weighted by atomic mass is 16.5. The van der Waals surface area contributed by atoms with E-state index in [1.807, 2.05) is 0 Å². The van der Waals surface area contributed by atoms with Crippen molar-refractivity contribution < 1.29 is 4.74 Å². The second kappa shape index (κ2) is 6.21. The van der Waals surface area contributed by atoms with Gasteiger partial charge >= 0.3 is 0 Å². The molecule has 1 unspecified atom stereocenters. The molecule has 0 saturated carbocycles. The van der Waals surface area contributed by atoms with Crippen molar-refractivity contribution in [3.63, 3.8) is 0 Å². The summed E-state index contributed by atoms with van der Waals surface area (Å²) in [6, 6.07) is 15.7. The maximum atomic E-state index is 5.59. The third-order valence-electron chi connectivity index (χ3n) is 4.23. The van der Waals surface area contributed by atoms with Crippen LogP contribution < -0.4 is 10.1 Å². The highest BCUT2D eigenvalue weighted by molar-refractivity contribution is 5.48. The number of hydrogen-bond acceptors (Lipinski definition) is 2. The van der Waals surface area contributed by atoms with E-state index in [9.17, 15) is 0 Å². The third-order valence-corrected chi connectivity index (χ3v) is 4.23. The van der Waals surface area contributed by atoms with Crippen LogP contribution in [0, 0.1) is 0 Å². The Morgan fingerprint density at radius 1 is 1.10 bits per heavy atom. The summed E-state index contributed by atoms with van der Waals surface area (Å²) in [6.45, 7) is 5.23. The zero-order valence-electron chi connectivity index (χ0n) is 12.9. The number of nitrogens with one attached hydrogen (secondary N) is 1. The van der Waals surface area contributed by atoms with Crippen LogP contribution in [0.15, 0.2) is 42.5 Å². The van der Waals surface area contributed by atoms with Gasteiger partial charge in [0.2, 0.25) is 0 Å². The summed E-state index contributed by atoms with van der Waals surface area (Å²) in [5.74, 6) is 1.06. The second-order valence-electron chi connectivity index (χ2n) is 5.62. The minimum Gasteiger partial charge on any atom is -0.493 e. The zero-order chi connectivity index (χ0) is 14.7. The summed E-state index contributed by atoms with van der Waals surface area (Å²) in [6.07, 6.45) is 3.18. The number of ether oxygens (including phenoxy) is 1. The molecule has 2 aromatic carbocycles. The third kappa shape index (κ3) is 3.05.